The lowest BCUT2D eigenvalue weighted by Crippen LogP contribution is -2.44. The summed E-state index contributed by atoms with van der Waals surface area (Å²) in [5, 5.41) is 18.3. The largest absolute Gasteiger partial charge is 0.481 e. The van der Waals surface area contributed by atoms with Crippen LogP contribution >= 0.6 is 8.58 Å². The van der Waals surface area contributed by atoms with E-state index in [0.717, 1.165) is 121 Å². The number of anilines is 2. The third-order valence-electron chi connectivity index (χ3n) is 9.54. The summed E-state index contributed by atoms with van der Waals surface area (Å²) in [6.07, 6.45) is 5.77. The predicted molar refractivity (Wildman–Crippen MR) is 180 cm³/mol. The van der Waals surface area contributed by atoms with Crippen LogP contribution in [0, 0.1) is 19.8 Å². The topological polar surface area (TPSA) is 89.8 Å². The zero-order chi connectivity index (χ0) is 30.6. The van der Waals surface area contributed by atoms with E-state index in [1.807, 2.05) is 11.6 Å². The Balaban J connectivity index is 1.17. The number of likely N-dealkylation sites (N-methyl/N-ethyl adjacent to an activating group) is 1. The van der Waals surface area contributed by atoms with Gasteiger partial charge in [0.25, 0.3) is 0 Å². The molecule has 3 atom stereocenters. The number of aryl methyl sites for hydroxylation is 3. The van der Waals surface area contributed by atoms with Gasteiger partial charge in [-0.05, 0) is 106 Å². The molecule has 0 saturated carbocycles. The molecule has 44 heavy (non-hydrogen) atoms. The van der Waals surface area contributed by atoms with Crippen LogP contribution in [0.3, 0.4) is 0 Å². The highest BCUT2D eigenvalue weighted by molar-refractivity contribution is 7.37. The number of benzene rings is 1. The van der Waals surface area contributed by atoms with Crippen LogP contribution in [0.5, 0.6) is 0 Å². The van der Waals surface area contributed by atoms with Crippen molar-refractivity contribution in [3.05, 3.63) is 64.6 Å². The zero-order valence-electron chi connectivity index (χ0n) is 26.6. The zero-order valence-corrected chi connectivity index (χ0v) is 27.6. The van der Waals surface area contributed by atoms with E-state index < -0.39 is 5.97 Å². The summed E-state index contributed by atoms with van der Waals surface area (Å²) < 4.78 is 2.01. The molecular formula is C34H48N7O2P. The number of likely N-dealkylation sites (tertiary alicyclic amines) is 1. The second-order valence-electron chi connectivity index (χ2n) is 13.1. The summed E-state index contributed by atoms with van der Waals surface area (Å²) in [4.78, 5) is 24.4. The van der Waals surface area contributed by atoms with Crippen molar-refractivity contribution < 1.29 is 9.90 Å². The second-order valence-corrected chi connectivity index (χ2v) is 14.4. The van der Waals surface area contributed by atoms with Gasteiger partial charge >= 0.3 is 5.97 Å². The van der Waals surface area contributed by atoms with Crippen molar-refractivity contribution in [2.24, 2.45) is 5.92 Å². The number of carboxylic acids is 1. The molecule has 0 spiro atoms. The third-order valence-corrected chi connectivity index (χ3v) is 10.8. The summed E-state index contributed by atoms with van der Waals surface area (Å²) >= 11 is 0. The monoisotopic (exact) mass is 617 g/mol. The minimum atomic E-state index is -0.744. The lowest BCUT2D eigenvalue weighted by molar-refractivity contribution is -0.137. The van der Waals surface area contributed by atoms with Crippen molar-refractivity contribution in [2.45, 2.75) is 51.6 Å². The Kier molecular flexibility index (Phi) is 9.84. The maximum atomic E-state index is 12.2. The van der Waals surface area contributed by atoms with E-state index in [0.29, 0.717) is 5.92 Å². The normalized spacial score (nSPS) is 20.8. The molecule has 2 saturated heterocycles. The number of aliphatic carboxylic acids is 1. The van der Waals surface area contributed by atoms with E-state index >= 15 is 0 Å². The first-order valence-electron chi connectivity index (χ1n) is 16.3. The number of aromatic nitrogens is 3. The van der Waals surface area contributed by atoms with Gasteiger partial charge in [0.1, 0.15) is 5.82 Å². The molecule has 0 radical (unpaired) electrons. The number of piperazine rings is 1. The van der Waals surface area contributed by atoms with Gasteiger partial charge in [0.05, 0.1) is 17.8 Å². The smallest absolute Gasteiger partial charge is 0.304 e. The van der Waals surface area contributed by atoms with Crippen LogP contribution in [-0.4, -0.2) is 101 Å². The number of nitrogens with zero attached hydrogens (tertiary/aromatic N) is 6. The van der Waals surface area contributed by atoms with Crippen LogP contribution in [0.4, 0.5) is 11.5 Å². The molecule has 6 rings (SSSR count). The number of carboxylic acid groups (broad SMARTS) is 1. The van der Waals surface area contributed by atoms with Crippen LogP contribution in [0.2, 0.25) is 0 Å². The minimum Gasteiger partial charge on any atom is -0.481 e. The van der Waals surface area contributed by atoms with Crippen molar-refractivity contribution >= 4 is 26.1 Å². The number of hydrogen-bond donors (Lipinski definition) is 2. The van der Waals surface area contributed by atoms with Crippen molar-refractivity contribution in [3.8, 4) is 5.69 Å². The highest BCUT2D eigenvalue weighted by atomic mass is 31.1. The first kappa shape index (κ1) is 31.0. The van der Waals surface area contributed by atoms with E-state index in [1.54, 1.807) is 0 Å². The average Bonchev–Trinajstić information content (AvgIpc) is 3.51. The van der Waals surface area contributed by atoms with Crippen LogP contribution in [0.15, 0.2) is 36.4 Å². The van der Waals surface area contributed by atoms with Crippen molar-refractivity contribution in [1.82, 2.24) is 24.6 Å². The van der Waals surface area contributed by atoms with Gasteiger partial charge in [-0.3, -0.25) is 4.79 Å². The highest BCUT2D eigenvalue weighted by Crippen LogP contribution is 2.33. The quantitative estimate of drug-likeness (QED) is 0.315. The maximum Gasteiger partial charge on any atom is 0.304 e. The summed E-state index contributed by atoms with van der Waals surface area (Å²) in [5.41, 5.74) is 7.88. The van der Waals surface area contributed by atoms with Gasteiger partial charge in [0, 0.05) is 68.8 Å². The van der Waals surface area contributed by atoms with Gasteiger partial charge in [-0.15, -0.1) is 8.58 Å². The molecule has 3 aliphatic heterocycles. The highest BCUT2D eigenvalue weighted by Gasteiger charge is 2.28. The summed E-state index contributed by atoms with van der Waals surface area (Å²) in [5.74, 6) is 0.868. The molecule has 2 aromatic heterocycles. The molecule has 2 N–H and O–H groups in total. The Morgan fingerprint density at radius 3 is 2.68 bits per heavy atom. The van der Waals surface area contributed by atoms with E-state index in [9.17, 15) is 9.90 Å². The van der Waals surface area contributed by atoms with Crippen molar-refractivity contribution in [2.75, 3.05) is 75.8 Å². The molecule has 3 aromatic rings. The number of pyridine rings is 1. The number of rotatable bonds is 10. The summed E-state index contributed by atoms with van der Waals surface area (Å²) in [6, 6.07) is 13.2. The third kappa shape index (κ3) is 7.61. The van der Waals surface area contributed by atoms with Crippen molar-refractivity contribution in [3.63, 3.8) is 0 Å². The molecule has 236 valence electrons. The molecule has 0 bridgehead atoms. The Morgan fingerprint density at radius 1 is 1.09 bits per heavy atom. The molecular weight excluding hydrogens is 569 g/mol. The lowest BCUT2D eigenvalue weighted by atomic mass is 9.93. The standard InChI is InChI=1S/C34H48N7O2P/c1-24-16-25(2)41(37-24)32-18-28(17-31(20-32)40-13-11-38(3)12-14-40)29(19-33(42)43)22-39-10-8-26(21-39)4-6-30-7-5-27-23-44-15-9-35-34(27)36-30/h5,7,16-18,20,26,29,44H,4,6,8-15,19,21-23H2,1-3H3,(H,35,36)(H,42,43). The van der Waals surface area contributed by atoms with Gasteiger partial charge in [-0.25, -0.2) is 9.67 Å². The molecule has 2 fully saturated rings. The fourth-order valence-corrected chi connectivity index (χ4v) is 8.08. The molecule has 0 aliphatic carbocycles. The molecule has 0 amide bonds. The van der Waals surface area contributed by atoms with E-state index in [2.05, 4.69) is 70.4 Å². The second kappa shape index (κ2) is 14.0. The Bertz CT molecular complexity index is 1450. The predicted octanol–water partition coefficient (Wildman–Crippen LogP) is 4.75. The maximum absolute atomic E-state index is 12.2. The molecule has 3 unspecified atom stereocenters. The number of nitrogens with one attached hydrogen (secondary N) is 1. The molecule has 10 heteroatoms. The Hall–Kier alpha value is -3.00. The van der Waals surface area contributed by atoms with Crippen LogP contribution in [-0.2, 0) is 17.4 Å². The fourth-order valence-electron chi connectivity index (χ4n) is 7.05. The summed E-state index contributed by atoms with van der Waals surface area (Å²) in [6.45, 7) is 11.9. The molecule has 1 aromatic carbocycles. The van der Waals surface area contributed by atoms with Crippen LogP contribution in [0.1, 0.15) is 53.4 Å². The van der Waals surface area contributed by atoms with Gasteiger partial charge in [-0.2, -0.15) is 5.10 Å². The van der Waals surface area contributed by atoms with Gasteiger partial charge < -0.3 is 25.1 Å². The SMILES string of the molecule is Cc1cc(C)n(-c2cc(C(CC(=O)O)CN3CCC(CCc4ccc5c(n4)NCCPC5)C3)cc(N3CCN(C)CC3)c2)n1. The van der Waals surface area contributed by atoms with Crippen molar-refractivity contribution in [1.29, 1.82) is 0 Å². The van der Waals surface area contributed by atoms with Gasteiger partial charge in [-0.1, -0.05) is 6.07 Å². The number of fused-ring (bicyclic) bond motifs is 1. The molecule has 9 nitrogen and oxygen atoms in total. The minimum absolute atomic E-state index is 0.0904. The molecule has 5 heterocycles. The van der Waals surface area contributed by atoms with E-state index in [4.69, 9.17) is 10.1 Å². The number of hydrogen-bond acceptors (Lipinski definition) is 7. The van der Waals surface area contributed by atoms with Gasteiger partial charge in [0.15, 0.2) is 0 Å². The van der Waals surface area contributed by atoms with Crippen LogP contribution in [0.25, 0.3) is 5.69 Å². The van der Waals surface area contributed by atoms with E-state index in [1.165, 1.54) is 17.4 Å². The Labute approximate surface area is 263 Å². The van der Waals surface area contributed by atoms with E-state index in [-0.39, 0.29) is 12.3 Å². The average molecular weight is 618 g/mol. The fraction of sp³-hybridized carbons (Fsp3) is 0.559. The first-order valence-corrected chi connectivity index (χ1v) is 17.7. The summed E-state index contributed by atoms with van der Waals surface area (Å²) in [7, 11) is 3.15. The lowest BCUT2D eigenvalue weighted by Gasteiger charge is -2.35. The Morgan fingerprint density at radius 2 is 1.91 bits per heavy atom. The molecule has 3 aliphatic rings. The first-order chi connectivity index (χ1) is 21.3. The number of carbonyl (C=O) groups is 1. The van der Waals surface area contributed by atoms with Crippen LogP contribution < -0.4 is 10.2 Å². The van der Waals surface area contributed by atoms with Gasteiger partial charge in [0.2, 0.25) is 0 Å².